The van der Waals surface area contributed by atoms with Crippen molar-refractivity contribution < 1.29 is 4.79 Å². The predicted molar refractivity (Wildman–Crippen MR) is 60.9 cm³/mol. The summed E-state index contributed by atoms with van der Waals surface area (Å²) < 4.78 is 0. The van der Waals surface area contributed by atoms with E-state index < -0.39 is 5.91 Å². The van der Waals surface area contributed by atoms with Gasteiger partial charge >= 0.3 is 0 Å². The number of carbonyl (C=O) groups is 1. The first kappa shape index (κ1) is 11.3. The Hall–Kier alpha value is -1.74. The fraction of sp³-hybridized carbons (Fsp3) is 0.333. The van der Waals surface area contributed by atoms with E-state index in [0.29, 0.717) is 16.4 Å². The normalized spacial score (nSPS) is 9.67. The number of thiophene rings is 1. The van der Waals surface area contributed by atoms with Crippen LogP contribution >= 0.6 is 11.3 Å². The molecule has 0 bridgehead atoms. The zero-order valence-electron chi connectivity index (χ0n) is 8.57. The van der Waals surface area contributed by atoms with E-state index in [9.17, 15) is 4.79 Å². The van der Waals surface area contributed by atoms with Crippen molar-refractivity contribution in [2.75, 3.05) is 24.2 Å². The third kappa shape index (κ3) is 1.87. The van der Waals surface area contributed by atoms with Crippen molar-refractivity contribution in [3.8, 4) is 6.07 Å². The van der Waals surface area contributed by atoms with Crippen LogP contribution in [0, 0.1) is 11.3 Å². The summed E-state index contributed by atoms with van der Waals surface area (Å²) in [4.78, 5) is 13.4. The molecule has 6 heteroatoms. The number of nitriles is 1. The van der Waals surface area contributed by atoms with Gasteiger partial charge in [0.05, 0.1) is 11.3 Å². The minimum absolute atomic E-state index is 0.185. The van der Waals surface area contributed by atoms with Crippen molar-refractivity contribution >= 4 is 27.9 Å². The average molecular weight is 224 g/mol. The number of nitrogen functional groups attached to an aromatic ring is 1. The fourth-order valence-corrected chi connectivity index (χ4v) is 2.21. The molecule has 0 aliphatic heterocycles. The third-order valence-corrected chi connectivity index (χ3v) is 3.32. The number of anilines is 2. The highest BCUT2D eigenvalue weighted by Crippen LogP contribution is 2.36. The molecule has 1 amide bonds. The molecule has 15 heavy (non-hydrogen) atoms. The average Bonchev–Trinajstić information content (AvgIpc) is 2.54. The summed E-state index contributed by atoms with van der Waals surface area (Å²) >= 11 is 1.19. The van der Waals surface area contributed by atoms with Crippen LogP contribution in [0.3, 0.4) is 0 Å². The molecule has 0 aliphatic carbocycles. The minimum Gasteiger partial charge on any atom is -0.396 e. The molecular formula is C9H12N4OS. The predicted octanol–water partition coefficient (Wildman–Crippen LogP) is 0.757. The van der Waals surface area contributed by atoms with Crippen molar-refractivity contribution in [1.29, 1.82) is 5.26 Å². The number of rotatable bonds is 3. The molecule has 5 nitrogen and oxygen atoms in total. The topological polar surface area (TPSA) is 96.1 Å². The molecule has 1 rings (SSSR count). The highest BCUT2D eigenvalue weighted by atomic mass is 32.1. The Morgan fingerprint density at radius 2 is 2.27 bits per heavy atom. The van der Waals surface area contributed by atoms with Gasteiger partial charge in [0, 0.05) is 13.6 Å². The first-order valence-electron chi connectivity index (χ1n) is 4.36. The molecule has 80 valence electrons. The molecule has 1 aromatic rings. The monoisotopic (exact) mass is 224 g/mol. The van der Waals surface area contributed by atoms with Crippen molar-refractivity contribution in [3.05, 3.63) is 10.4 Å². The van der Waals surface area contributed by atoms with Crippen LogP contribution in [0.4, 0.5) is 10.7 Å². The molecule has 0 aliphatic rings. The SMILES string of the molecule is CCN(C)c1sc(C#N)c(N)c1C(N)=O. The van der Waals surface area contributed by atoms with Crippen LogP contribution in [-0.2, 0) is 0 Å². The molecule has 1 aromatic heterocycles. The minimum atomic E-state index is -0.597. The number of amides is 1. The van der Waals surface area contributed by atoms with Crippen LogP contribution in [0.5, 0.6) is 0 Å². The van der Waals surface area contributed by atoms with Gasteiger partial charge in [-0.05, 0) is 6.92 Å². The molecule has 0 spiro atoms. The van der Waals surface area contributed by atoms with Gasteiger partial charge in [0.1, 0.15) is 15.9 Å². The molecule has 0 radical (unpaired) electrons. The molecule has 0 unspecified atom stereocenters. The van der Waals surface area contributed by atoms with E-state index in [4.69, 9.17) is 16.7 Å². The van der Waals surface area contributed by atoms with Gasteiger partial charge in [-0.2, -0.15) is 5.26 Å². The van der Waals surface area contributed by atoms with Crippen LogP contribution in [0.1, 0.15) is 22.2 Å². The molecular weight excluding hydrogens is 212 g/mol. The number of hydrogen-bond donors (Lipinski definition) is 2. The molecule has 0 fully saturated rings. The lowest BCUT2D eigenvalue weighted by Gasteiger charge is -2.15. The Labute approximate surface area is 91.9 Å². The lowest BCUT2D eigenvalue weighted by atomic mass is 10.2. The third-order valence-electron chi connectivity index (χ3n) is 2.10. The summed E-state index contributed by atoms with van der Waals surface area (Å²) in [7, 11) is 1.82. The Balaban J connectivity index is 3.39. The Morgan fingerprint density at radius 3 is 2.67 bits per heavy atom. The van der Waals surface area contributed by atoms with Gasteiger partial charge in [-0.1, -0.05) is 0 Å². The second kappa shape index (κ2) is 4.19. The van der Waals surface area contributed by atoms with Crippen molar-refractivity contribution in [2.24, 2.45) is 5.73 Å². The van der Waals surface area contributed by atoms with E-state index in [0.717, 1.165) is 0 Å². The lowest BCUT2D eigenvalue weighted by Crippen LogP contribution is -2.20. The molecule has 0 saturated heterocycles. The number of hydrogen-bond acceptors (Lipinski definition) is 5. The Bertz CT molecular complexity index is 432. The van der Waals surface area contributed by atoms with Crippen LogP contribution in [0.15, 0.2) is 0 Å². The van der Waals surface area contributed by atoms with E-state index >= 15 is 0 Å². The summed E-state index contributed by atoms with van der Waals surface area (Å²) in [6.07, 6.45) is 0. The molecule has 1 heterocycles. The largest absolute Gasteiger partial charge is 0.396 e. The van der Waals surface area contributed by atoms with Gasteiger partial charge in [-0.15, -0.1) is 11.3 Å². The van der Waals surface area contributed by atoms with Crippen molar-refractivity contribution in [2.45, 2.75) is 6.92 Å². The maximum absolute atomic E-state index is 11.2. The second-order valence-electron chi connectivity index (χ2n) is 3.02. The standard InChI is InChI=1S/C9H12N4OS/c1-3-13(2)9-6(8(12)14)7(11)5(4-10)15-9/h3,11H2,1-2H3,(H2,12,14). The second-order valence-corrected chi connectivity index (χ2v) is 4.01. The van der Waals surface area contributed by atoms with E-state index in [-0.39, 0.29) is 11.3 Å². The van der Waals surface area contributed by atoms with Crippen LogP contribution < -0.4 is 16.4 Å². The molecule has 0 atom stereocenters. The zero-order chi connectivity index (χ0) is 11.6. The smallest absolute Gasteiger partial charge is 0.253 e. The number of primary amides is 1. The molecule has 0 aromatic carbocycles. The molecule has 4 N–H and O–H groups in total. The maximum atomic E-state index is 11.2. The van der Waals surface area contributed by atoms with E-state index in [2.05, 4.69) is 0 Å². The summed E-state index contributed by atoms with van der Waals surface area (Å²) in [5, 5.41) is 9.45. The van der Waals surface area contributed by atoms with Gasteiger partial charge in [0.15, 0.2) is 0 Å². The summed E-state index contributed by atoms with van der Waals surface area (Å²) in [6.45, 7) is 2.65. The van der Waals surface area contributed by atoms with Crippen molar-refractivity contribution in [1.82, 2.24) is 0 Å². The Morgan fingerprint density at radius 1 is 1.67 bits per heavy atom. The highest BCUT2D eigenvalue weighted by Gasteiger charge is 2.21. The van der Waals surface area contributed by atoms with E-state index in [1.54, 1.807) is 0 Å². The lowest BCUT2D eigenvalue weighted by molar-refractivity contribution is 0.100. The maximum Gasteiger partial charge on any atom is 0.253 e. The van der Waals surface area contributed by atoms with Crippen LogP contribution in [0.25, 0.3) is 0 Å². The Kier molecular flexibility index (Phi) is 3.17. The zero-order valence-corrected chi connectivity index (χ0v) is 9.39. The van der Waals surface area contributed by atoms with Crippen LogP contribution in [0.2, 0.25) is 0 Å². The fourth-order valence-electron chi connectivity index (χ4n) is 1.16. The summed E-state index contributed by atoms with van der Waals surface area (Å²) in [5.74, 6) is -0.597. The van der Waals surface area contributed by atoms with Gasteiger partial charge < -0.3 is 16.4 Å². The number of nitrogens with two attached hydrogens (primary N) is 2. The van der Waals surface area contributed by atoms with Crippen molar-refractivity contribution in [3.63, 3.8) is 0 Å². The highest BCUT2D eigenvalue weighted by molar-refractivity contribution is 7.17. The quantitative estimate of drug-likeness (QED) is 0.792. The summed E-state index contributed by atoms with van der Waals surface area (Å²) in [5.41, 5.74) is 11.3. The number of carbonyl (C=O) groups excluding carboxylic acids is 1. The first-order valence-corrected chi connectivity index (χ1v) is 5.17. The summed E-state index contributed by atoms with van der Waals surface area (Å²) in [6, 6.07) is 1.95. The van der Waals surface area contributed by atoms with E-state index in [1.807, 2.05) is 24.9 Å². The van der Waals surface area contributed by atoms with Gasteiger partial charge in [0.25, 0.3) is 5.91 Å². The van der Waals surface area contributed by atoms with Crippen LogP contribution in [-0.4, -0.2) is 19.5 Å². The molecule has 0 saturated carbocycles. The van der Waals surface area contributed by atoms with Gasteiger partial charge in [0.2, 0.25) is 0 Å². The first-order chi connectivity index (χ1) is 7.02. The van der Waals surface area contributed by atoms with E-state index in [1.165, 1.54) is 11.3 Å². The van der Waals surface area contributed by atoms with Gasteiger partial charge in [-0.3, -0.25) is 4.79 Å². The number of nitrogens with zero attached hydrogens (tertiary/aromatic N) is 2. The van der Waals surface area contributed by atoms with Gasteiger partial charge in [-0.25, -0.2) is 0 Å².